The number of nitrogens with two attached hydrogens (primary N) is 1. The summed E-state index contributed by atoms with van der Waals surface area (Å²) in [5.74, 6) is 1.70. The Morgan fingerprint density at radius 2 is 2.00 bits per heavy atom. The molecule has 22 heavy (non-hydrogen) atoms. The number of methoxy groups -OCH3 is 1. The van der Waals surface area contributed by atoms with Crippen molar-refractivity contribution in [3.8, 4) is 5.75 Å². The highest BCUT2D eigenvalue weighted by Crippen LogP contribution is 2.24. The number of rotatable bonds is 5. The molecule has 0 bridgehead atoms. The van der Waals surface area contributed by atoms with Crippen LogP contribution in [0.25, 0.3) is 10.8 Å². The maximum Gasteiger partial charge on any atom is 0.119 e. The molecular formula is C19H26N2O. The van der Waals surface area contributed by atoms with Crippen molar-refractivity contribution < 1.29 is 4.74 Å². The number of nitrogens with zero attached hydrogens (tertiary/aromatic N) is 1. The van der Waals surface area contributed by atoms with Gasteiger partial charge in [0.1, 0.15) is 5.75 Å². The summed E-state index contributed by atoms with van der Waals surface area (Å²) in [6.45, 7) is 4.26. The molecule has 0 amide bonds. The van der Waals surface area contributed by atoms with Crippen LogP contribution in [0.4, 0.5) is 0 Å². The van der Waals surface area contributed by atoms with Gasteiger partial charge in [-0.3, -0.25) is 4.90 Å². The molecule has 1 heterocycles. The molecule has 3 rings (SSSR count). The minimum absolute atomic E-state index is 0.781. The summed E-state index contributed by atoms with van der Waals surface area (Å²) in [6.07, 6.45) is 3.80. The van der Waals surface area contributed by atoms with E-state index in [1.165, 1.54) is 42.3 Å². The molecule has 3 nitrogen and oxygen atoms in total. The van der Waals surface area contributed by atoms with Crippen LogP contribution in [0.15, 0.2) is 36.4 Å². The van der Waals surface area contributed by atoms with Gasteiger partial charge in [-0.15, -0.1) is 0 Å². The van der Waals surface area contributed by atoms with E-state index in [4.69, 9.17) is 10.5 Å². The molecule has 0 saturated carbocycles. The highest BCUT2D eigenvalue weighted by molar-refractivity contribution is 5.84. The zero-order valence-corrected chi connectivity index (χ0v) is 13.4. The third-order valence-electron chi connectivity index (χ3n) is 4.70. The van der Waals surface area contributed by atoms with Crippen LogP contribution in [-0.2, 0) is 6.54 Å². The average Bonchev–Trinajstić information content (AvgIpc) is 2.55. The van der Waals surface area contributed by atoms with Gasteiger partial charge in [0.25, 0.3) is 0 Å². The molecule has 2 aromatic carbocycles. The lowest BCUT2D eigenvalue weighted by molar-refractivity contribution is 0.163. The minimum atomic E-state index is 0.781. The summed E-state index contributed by atoms with van der Waals surface area (Å²) in [5, 5.41) is 2.52. The topological polar surface area (TPSA) is 38.5 Å². The Morgan fingerprint density at radius 3 is 2.82 bits per heavy atom. The van der Waals surface area contributed by atoms with Crippen molar-refractivity contribution >= 4 is 10.8 Å². The Balaban J connectivity index is 1.71. The van der Waals surface area contributed by atoms with Crippen LogP contribution in [0.5, 0.6) is 5.75 Å². The summed E-state index contributed by atoms with van der Waals surface area (Å²) < 4.78 is 5.29. The fraction of sp³-hybridized carbons (Fsp3) is 0.474. The van der Waals surface area contributed by atoms with Gasteiger partial charge in [-0.05, 0) is 72.8 Å². The lowest BCUT2D eigenvalue weighted by Crippen LogP contribution is -2.35. The summed E-state index contributed by atoms with van der Waals surface area (Å²) in [4.78, 5) is 2.58. The SMILES string of the molecule is COc1ccc2cc(CN3CCCC(CCN)C3)ccc2c1. The van der Waals surface area contributed by atoms with Crippen molar-refractivity contribution in [2.45, 2.75) is 25.8 Å². The van der Waals surface area contributed by atoms with E-state index in [-0.39, 0.29) is 0 Å². The largest absolute Gasteiger partial charge is 0.497 e. The molecular weight excluding hydrogens is 272 g/mol. The highest BCUT2D eigenvalue weighted by Gasteiger charge is 2.19. The van der Waals surface area contributed by atoms with Crippen LogP contribution in [0.1, 0.15) is 24.8 Å². The molecule has 1 saturated heterocycles. The first-order chi connectivity index (χ1) is 10.8. The molecule has 1 fully saturated rings. The van der Waals surface area contributed by atoms with Crippen molar-refractivity contribution in [1.82, 2.24) is 4.90 Å². The fourth-order valence-corrected chi connectivity index (χ4v) is 3.52. The summed E-state index contributed by atoms with van der Waals surface area (Å²) in [5.41, 5.74) is 7.11. The van der Waals surface area contributed by atoms with E-state index in [9.17, 15) is 0 Å². The van der Waals surface area contributed by atoms with Crippen LogP contribution in [-0.4, -0.2) is 31.6 Å². The molecule has 1 unspecified atom stereocenters. The zero-order chi connectivity index (χ0) is 15.4. The van der Waals surface area contributed by atoms with E-state index >= 15 is 0 Å². The molecule has 1 aliphatic heterocycles. The molecule has 2 aromatic rings. The van der Waals surface area contributed by atoms with Gasteiger partial charge in [0.2, 0.25) is 0 Å². The van der Waals surface area contributed by atoms with Crippen LogP contribution in [0.3, 0.4) is 0 Å². The number of hydrogen-bond acceptors (Lipinski definition) is 3. The van der Waals surface area contributed by atoms with Crippen molar-refractivity contribution in [3.05, 3.63) is 42.0 Å². The molecule has 0 aliphatic carbocycles. The number of hydrogen-bond donors (Lipinski definition) is 1. The molecule has 1 aliphatic rings. The van der Waals surface area contributed by atoms with Crippen molar-refractivity contribution in [1.29, 1.82) is 0 Å². The molecule has 0 spiro atoms. The molecule has 118 valence electrons. The van der Waals surface area contributed by atoms with Crippen molar-refractivity contribution in [2.24, 2.45) is 11.7 Å². The number of benzene rings is 2. The second kappa shape index (κ2) is 7.12. The third-order valence-corrected chi connectivity index (χ3v) is 4.70. The van der Waals surface area contributed by atoms with E-state index in [0.29, 0.717) is 0 Å². The molecule has 1 atom stereocenters. The summed E-state index contributed by atoms with van der Waals surface area (Å²) >= 11 is 0. The third kappa shape index (κ3) is 3.60. The van der Waals surface area contributed by atoms with Crippen LogP contribution in [0, 0.1) is 5.92 Å². The summed E-state index contributed by atoms with van der Waals surface area (Å²) in [7, 11) is 1.71. The molecule has 3 heteroatoms. The van der Waals surface area contributed by atoms with Gasteiger partial charge < -0.3 is 10.5 Å². The minimum Gasteiger partial charge on any atom is -0.497 e. The smallest absolute Gasteiger partial charge is 0.119 e. The number of likely N-dealkylation sites (tertiary alicyclic amines) is 1. The first-order valence-electron chi connectivity index (χ1n) is 8.27. The Hall–Kier alpha value is -1.58. The van der Waals surface area contributed by atoms with Gasteiger partial charge in [0.15, 0.2) is 0 Å². The van der Waals surface area contributed by atoms with E-state index in [2.05, 4.69) is 35.2 Å². The second-order valence-corrected chi connectivity index (χ2v) is 6.37. The van der Waals surface area contributed by atoms with E-state index in [0.717, 1.165) is 31.2 Å². The molecule has 0 aromatic heterocycles. The molecule has 0 radical (unpaired) electrons. The standard InChI is InChI=1S/C19H26N2O/c1-22-19-7-6-17-11-16(4-5-18(17)12-19)14-21-10-2-3-15(13-21)8-9-20/h4-7,11-12,15H,2-3,8-10,13-14,20H2,1H3. The van der Waals surface area contributed by atoms with Gasteiger partial charge in [-0.25, -0.2) is 0 Å². The summed E-state index contributed by atoms with van der Waals surface area (Å²) in [6, 6.07) is 13.0. The maximum atomic E-state index is 5.71. The lowest BCUT2D eigenvalue weighted by Gasteiger charge is -2.32. The van der Waals surface area contributed by atoms with Crippen LogP contribution < -0.4 is 10.5 Å². The van der Waals surface area contributed by atoms with Crippen LogP contribution in [0.2, 0.25) is 0 Å². The highest BCUT2D eigenvalue weighted by atomic mass is 16.5. The number of fused-ring (bicyclic) bond motifs is 1. The Morgan fingerprint density at radius 1 is 1.18 bits per heavy atom. The first-order valence-corrected chi connectivity index (χ1v) is 8.27. The van der Waals surface area contributed by atoms with Gasteiger partial charge in [0.05, 0.1) is 7.11 Å². The molecule has 2 N–H and O–H groups in total. The zero-order valence-electron chi connectivity index (χ0n) is 13.4. The normalized spacial score (nSPS) is 19.5. The Bertz CT molecular complexity index is 624. The van der Waals surface area contributed by atoms with E-state index in [1.54, 1.807) is 7.11 Å². The van der Waals surface area contributed by atoms with Gasteiger partial charge >= 0.3 is 0 Å². The number of ether oxygens (including phenoxy) is 1. The predicted octanol–water partition coefficient (Wildman–Crippen LogP) is 3.41. The monoisotopic (exact) mass is 298 g/mol. The maximum absolute atomic E-state index is 5.71. The lowest BCUT2D eigenvalue weighted by atomic mass is 9.94. The van der Waals surface area contributed by atoms with Gasteiger partial charge in [-0.1, -0.05) is 18.2 Å². The van der Waals surface area contributed by atoms with Gasteiger partial charge in [0, 0.05) is 13.1 Å². The second-order valence-electron chi connectivity index (χ2n) is 6.37. The number of piperidine rings is 1. The van der Waals surface area contributed by atoms with E-state index in [1.807, 2.05) is 6.07 Å². The Kier molecular flexibility index (Phi) is 4.96. The van der Waals surface area contributed by atoms with Crippen molar-refractivity contribution in [2.75, 3.05) is 26.7 Å². The quantitative estimate of drug-likeness (QED) is 0.919. The first kappa shape index (κ1) is 15.3. The van der Waals surface area contributed by atoms with Crippen LogP contribution >= 0.6 is 0 Å². The van der Waals surface area contributed by atoms with Gasteiger partial charge in [-0.2, -0.15) is 0 Å². The van der Waals surface area contributed by atoms with E-state index < -0.39 is 0 Å². The van der Waals surface area contributed by atoms with Crippen molar-refractivity contribution in [3.63, 3.8) is 0 Å². The predicted molar refractivity (Wildman–Crippen MR) is 92.2 cm³/mol. The Labute approximate surface area is 133 Å². The fourth-order valence-electron chi connectivity index (χ4n) is 3.52. The average molecular weight is 298 g/mol.